The van der Waals surface area contributed by atoms with Crippen LogP contribution in [0.25, 0.3) is 0 Å². The number of amides is 2. The van der Waals surface area contributed by atoms with Gasteiger partial charge in [0, 0.05) is 28.8 Å². The first-order valence-electron chi connectivity index (χ1n) is 9.97. The van der Waals surface area contributed by atoms with E-state index in [0.29, 0.717) is 22.1 Å². The van der Waals surface area contributed by atoms with Crippen molar-refractivity contribution in [1.82, 2.24) is 4.98 Å². The van der Waals surface area contributed by atoms with E-state index in [0.717, 1.165) is 19.3 Å². The molecule has 3 aromatic rings. The van der Waals surface area contributed by atoms with Crippen molar-refractivity contribution >= 4 is 34.9 Å². The number of nitrogens with one attached hydrogen (secondary N) is 2. The summed E-state index contributed by atoms with van der Waals surface area (Å²) < 4.78 is 0. The number of halogens is 1. The third-order valence-corrected chi connectivity index (χ3v) is 6.37. The van der Waals surface area contributed by atoms with Crippen LogP contribution in [-0.2, 0) is 16.6 Å². The molecule has 2 amide bonds. The summed E-state index contributed by atoms with van der Waals surface area (Å²) in [6.07, 6.45) is 4.42. The largest absolute Gasteiger partial charge is 0.326 e. The van der Waals surface area contributed by atoms with Crippen molar-refractivity contribution in [2.45, 2.75) is 24.7 Å². The zero-order valence-electron chi connectivity index (χ0n) is 16.2. The van der Waals surface area contributed by atoms with Gasteiger partial charge in [-0.2, -0.15) is 0 Å². The van der Waals surface area contributed by atoms with Gasteiger partial charge in [-0.25, -0.2) is 4.98 Å². The standard InChI is InChI=1S/C24H20ClN3O2/c25-17-8-9-21(26-14-17)28-22(29)16-5-3-6-18(12-16)27-23(30)20-13-24(20)11-10-15-4-1-2-7-19(15)24/h1-9,12,14,20H,10-11,13H2,(H,27,30)(H,26,28,29). The van der Waals surface area contributed by atoms with Gasteiger partial charge in [-0.3, -0.25) is 9.59 Å². The minimum Gasteiger partial charge on any atom is -0.326 e. The third kappa shape index (κ3) is 3.35. The molecule has 5 nitrogen and oxygen atoms in total. The molecule has 1 saturated carbocycles. The molecule has 2 aliphatic rings. The fourth-order valence-corrected chi connectivity index (χ4v) is 4.66. The van der Waals surface area contributed by atoms with Crippen molar-refractivity contribution in [2.24, 2.45) is 5.92 Å². The molecule has 1 fully saturated rings. The monoisotopic (exact) mass is 417 g/mol. The van der Waals surface area contributed by atoms with Crippen molar-refractivity contribution in [3.8, 4) is 0 Å². The number of rotatable bonds is 4. The summed E-state index contributed by atoms with van der Waals surface area (Å²) in [5.41, 5.74) is 3.75. The van der Waals surface area contributed by atoms with Gasteiger partial charge in [0.15, 0.2) is 0 Å². The third-order valence-electron chi connectivity index (χ3n) is 6.15. The first-order valence-corrected chi connectivity index (χ1v) is 10.4. The van der Waals surface area contributed by atoms with E-state index in [1.165, 1.54) is 17.3 Å². The second-order valence-electron chi connectivity index (χ2n) is 7.96. The minimum absolute atomic E-state index is 0.00405. The number of aryl methyl sites for hydroxylation is 1. The first-order chi connectivity index (χ1) is 14.5. The lowest BCUT2D eigenvalue weighted by Crippen LogP contribution is -2.20. The van der Waals surface area contributed by atoms with Crippen LogP contribution in [0.2, 0.25) is 5.02 Å². The fraction of sp³-hybridized carbons (Fsp3) is 0.208. The Kier molecular flexibility index (Phi) is 4.55. The Labute approximate surface area is 179 Å². The van der Waals surface area contributed by atoms with Gasteiger partial charge in [0.05, 0.1) is 5.02 Å². The summed E-state index contributed by atoms with van der Waals surface area (Å²) in [5, 5.41) is 6.23. The molecule has 2 aliphatic carbocycles. The first kappa shape index (κ1) is 18.8. The molecule has 150 valence electrons. The number of anilines is 2. The maximum absolute atomic E-state index is 12.9. The van der Waals surface area contributed by atoms with Gasteiger partial charge in [0.25, 0.3) is 5.91 Å². The second kappa shape index (κ2) is 7.26. The topological polar surface area (TPSA) is 71.1 Å². The van der Waals surface area contributed by atoms with Gasteiger partial charge >= 0.3 is 0 Å². The van der Waals surface area contributed by atoms with Crippen LogP contribution in [0.1, 0.15) is 34.3 Å². The molecule has 0 saturated heterocycles. The lowest BCUT2D eigenvalue weighted by atomic mass is 9.95. The highest BCUT2D eigenvalue weighted by atomic mass is 35.5. The molecule has 30 heavy (non-hydrogen) atoms. The SMILES string of the molecule is O=C(Nc1ccc(Cl)cn1)c1cccc(NC(=O)C2CC23CCc2ccccc23)c1. The maximum Gasteiger partial charge on any atom is 0.256 e. The maximum atomic E-state index is 12.9. The summed E-state index contributed by atoms with van der Waals surface area (Å²) in [4.78, 5) is 29.5. The van der Waals surface area contributed by atoms with Crippen molar-refractivity contribution in [3.05, 3.63) is 88.6 Å². The van der Waals surface area contributed by atoms with Crippen LogP contribution in [0, 0.1) is 5.92 Å². The normalized spacial score (nSPS) is 21.2. The average molecular weight is 418 g/mol. The Morgan fingerprint density at radius 3 is 2.73 bits per heavy atom. The average Bonchev–Trinajstić information content (AvgIpc) is 3.39. The number of nitrogens with zero attached hydrogens (tertiary/aromatic N) is 1. The summed E-state index contributed by atoms with van der Waals surface area (Å²) in [7, 11) is 0. The van der Waals surface area contributed by atoms with E-state index in [4.69, 9.17) is 11.6 Å². The van der Waals surface area contributed by atoms with Crippen LogP contribution in [0.5, 0.6) is 0 Å². The van der Waals surface area contributed by atoms with Gasteiger partial charge in [-0.05, 0) is 60.7 Å². The van der Waals surface area contributed by atoms with Crippen molar-refractivity contribution in [1.29, 1.82) is 0 Å². The van der Waals surface area contributed by atoms with E-state index in [-0.39, 0.29) is 23.1 Å². The number of carbonyl (C=O) groups is 2. The summed E-state index contributed by atoms with van der Waals surface area (Å²) in [5.74, 6) is 0.118. The van der Waals surface area contributed by atoms with Crippen molar-refractivity contribution in [2.75, 3.05) is 10.6 Å². The predicted octanol–water partition coefficient (Wildman–Crippen LogP) is 4.83. The highest BCUT2D eigenvalue weighted by Crippen LogP contribution is 2.61. The Morgan fingerprint density at radius 2 is 1.90 bits per heavy atom. The minimum atomic E-state index is -0.298. The molecule has 2 N–H and O–H groups in total. The number of carbonyl (C=O) groups excluding carboxylic acids is 2. The number of pyridine rings is 1. The Hall–Kier alpha value is -3.18. The molecule has 0 radical (unpaired) electrons. The van der Waals surface area contributed by atoms with Crippen LogP contribution in [-0.4, -0.2) is 16.8 Å². The lowest BCUT2D eigenvalue weighted by Gasteiger charge is -2.12. The highest BCUT2D eigenvalue weighted by Gasteiger charge is 2.61. The molecule has 6 heteroatoms. The van der Waals surface area contributed by atoms with Crippen LogP contribution in [0.3, 0.4) is 0 Å². The summed E-state index contributed by atoms with van der Waals surface area (Å²) in [6.45, 7) is 0. The molecular formula is C24H20ClN3O2. The van der Waals surface area contributed by atoms with E-state index < -0.39 is 0 Å². The van der Waals surface area contributed by atoms with Crippen LogP contribution >= 0.6 is 11.6 Å². The van der Waals surface area contributed by atoms with E-state index in [1.54, 1.807) is 36.4 Å². The zero-order valence-corrected chi connectivity index (χ0v) is 16.9. The van der Waals surface area contributed by atoms with Crippen LogP contribution in [0.15, 0.2) is 66.9 Å². The van der Waals surface area contributed by atoms with E-state index in [9.17, 15) is 9.59 Å². The molecule has 2 unspecified atom stereocenters. The molecule has 1 spiro atoms. The molecule has 1 aromatic heterocycles. The predicted molar refractivity (Wildman–Crippen MR) is 117 cm³/mol. The van der Waals surface area contributed by atoms with Gasteiger partial charge < -0.3 is 10.6 Å². The highest BCUT2D eigenvalue weighted by molar-refractivity contribution is 6.30. The van der Waals surface area contributed by atoms with Gasteiger partial charge in [0.1, 0.15) is 5.82 Å². The second-order valence-corrected chi connectivity index (χ2v) is 8.39. The van der Waals surface area contributed by atoms with Gasteiger partial charge in [0.2, 0.25) is 5.91 Å². The molecular weight excluding hydrogens is 398 g/mol. The Balaban J connectivity index is 1.27. The van der Waals surface area contributed by atoms with Crippen LogP contribution in [0.4, 0.5) is 11.5 Å². The van der Waals surface area contributed by atoms with Crippen molar-refractivity contribution in [3.63, 3.8) is 0 Å². The van der Waals surface area contributed by atoms with Gasteiger partial charge in [-0.1, -0.05) is 41.9 Å². The smallest absolute Gasteiger partial charge is 0.256 e. The number of hydrogen-bond acceptors (Lipinski definition) is 3. The lowest BCUT2D eigenvalue weighted by molar-refractivity contribution is -0.117. The number of fused-ring (bicyclic) bond motifs is 2. The number of hydrogen-bond donors (Lipinski definition) is 2. The summed E-state index contributed by atoms with van der Waals surface area (Å²) in [6, 6.07) is 18.7. The molecule has 1 heterocycles. The molecule has 5 rings (SSSR count). The quantitative estimate of drug-likeness (QED) is 0.638. The molecule has 0 aliphatic heterocycles. The van der Waals surface area contributed by atoms with E-state index >= 15 is 0 Å². The molecule has 2 atom stereocenters. The van der Waals surface area contributed by atoms with E-state index in [1.807, 2.05) is 0 Å². The van der Waals surface area contributed by atoms with Crippen molar-refractivity contribution < 1.29 is 9.59 Å². The molecule has 0 bridgehead atoms. The number of aromatic nitrogens is 1. The zero-order chi connectivity index (χ0) is 20.7. The van der Waals surface area contributed by atoms with Gasteiger partial charge in [-0.15, -0.1) is 0 Å². The number of benzene rings is 2. The van der Waals surface area contributed by atoms with Crippen LogP contribution < -0.4 is 10.6 Å². The fourth-order valence-electron chi connectivity index (χ4n) is 4.55. The Morgan fingerprint density at radius 1 is 1.03 bits per heavy atom. The molecule has 2 aromatic carbocycles. The van der Waals surface area contributed by atoms with E-state index in [2.05, 4.69) is 39.9 Å². The Bertz CT molecular complexity index is 1150. The summed E-state index contributed by atoms with van der Waals surface area (Å²) >= 11 is 5.82.